The third-order valence-electron chi connectivity index (χ3n) is 2.84. The molecule has 1 aliphatic heterocycles. The number of amides is 1. The summed E-state index contributed by atoms with van der Waals surface area (Å²) >= 11 is 0. The van der Waals surface area contributed by atoms with Gasteiger partial charge >= 0.3 is 0 Å². The SMILES string of the molecule is C=C1NC=Nc2cccc(C(=O)N(C)CC)c21. The molecule has 1 aliphatic rings. The van der Waals surface area contributed by atoms with Gasteiger partial charge in [0.05, 0.1) is 17.6 Å². The van der Waals surface area contributed by atoms with Gasteiger partial charge in [-0.05, 0) is 19.1 Å². The van der Waals surface area contributed by atoms with E-state index in [0.29, 0.717) is 17.8 Å². The van der Waals surface area contributed by atoms with Crippen molar-refractivity contribution in [2.75, 3.05) is 13.6 Å². The van der Waals surface area contributed by atoms with E-state index in [1.54, 1.807) is 24.4 Å². The summed E-state index contributed by atoms with van der Waals surface area (Å²) in [5, 5.41) is 2.93. The van der Waals surface area contributed by atoms with Crippen LogP contribution >= 0.6 is 0 Å². The van der Waals surface area contributed by atoms with Crippen LogP contribution in [0.5, 0.6) is 0 Å². The first kappa shape index (κ1) is 11.4. The Kier molecular flexibility index (Phi) is 2.95. The molecule has 0 aliphatic carbocycles. The fourth-order valence-corrected chi connectivity index (χ4v) is 1.74. The molecule has 1 N–H and O–H groups in total. The van der Waals surface area contributed by atoms with E-state index in [2.05, 4.69) is 16.9 Å². The second-order valence-electron chi connectivity index (χ2n) is 3.90. The predicted molar refractivity (Wildman–Crippen MR) is 69.4 cm³/mol. The molecule has 0 unspecified atom stereocenters. The van der Waals surface area contributed by atoms with Gasteiger partial charge in [0.25, 0.3) is 5.91 Å². The monoisotopic (exact) mass is 229 g/mol. The fourth-order valence-electron chi connectivity index (χ4n) is 1.74. The Balaban J connectivity index is 2.53. The molecule has 1 aromatic carbocycles. The number of carbonyl (C=O) groups is 1. The molecule has 0 radical (unpaired) electrons. The first-order valence-electron chi connectivity index (χ1n) is 5.52. The van der Waals surface area contributed by atoms with Crippen molar-refractivity contribution in [1.29, 1.82) is 0 Å². The summed E-state index contributed by atoms with van der Waals surface area (Å²) in [5.41, 5.74) is 2.93. The number of hydrogen-bond donors (Lipinski definition) is 1. The van der Waals surface area contributed by atoms with Gasteiger partial charge in [0, 0.05) is 24.9 Å². The van der Waals surface area contributed by atoms with Crippen molar-refractivity contribution in [1.82, 2.24) is 10.2 Å². The molecular weight excluding hydrogens is 214 g/mol. The maximum absolute atomic E-state index is 12.2. The van der Waals surface area contributed by atoms with Crippen molar-refractivity contribution in [3.05, 3.63) is 35.9 Å². The average molecular weight is 229 g/mol. The highest BCUT2D eigenvalue weighted by molar-refractivity contribution is 6.03. The average Bonchev–Trinajstić information content (AvgIpc) is 2.36. The predicted octanol–water partition coefficient (Wildman–Crippen LogP) is 2.01. The molecule has 1 aromatic rings. The molecule has 0 atom stereocenters. The van der Waals surface area contributed by atoms with Gasteiger partial charge in [-0.2, -0.15) is 0 Å². The van der Waals surface area contributed by atoms with E-state index in [1.165, 1.54) is 0 Å². The van der Waals surface area contributed by atoms with E-state index in [1.807, 2.05) is 19.1 Å². The Morgan fingerprint density at radius 2 is 2.29 bits per heavy atom. The Bertz CT molecular complexity index is 505. The minimum atomic E-state index is -0.00981. The second kappa shape index (κ2) is 4.41. The van der Waals surface area contributed by atoms with Crippen LogP contribution in [0.25, 0.3) is 5.70 Å². The molecule has 1 heterocycles. The number of nitrogens with one attached hydrogen (secondary N) is 1. The molecule has 4 heteroatoms. The zero-order valence-electron chi connectivity index (χ0n) is 10.0. The van der Waals surface area contributed by atoms with Crippen molar-refractivity contribution < 1.29 is 4.79 Å². The summed E-state index contributed by atoms with van der Waals surface area (Å²) in [6.45, 7) is 6.53. The summed E-state index contributed by atoms with van der Waals surface area (Å²) in [7, 11) is 1.78. The van der Waals surface area contributed by atoms with Crippen LogP contribution in [0.2, 0.25) is 0 Å². The zero-order valence-corrected chi connectivity index (χ0v) is 10.0. The van der Waals surface area contributed by atoms with Crippen LogP contribution < -0.4 is 5.32 Å². The van der Waals surface area contributed by atoms with Crippen molar-refractivity contribution in [2.45, 2.75) is 6.92 Å². The van der Waals surface area contributed by atoms with Crippen molar-refractivity contribution >= 4 is 23.6 Å². The van der Waals surface area contributed by atoms with Crippen LogP contribution in [0, 0.1) is 0 Å². The molecule has 0 saturated heterocycles. The Hall–Kier alpha value is -2.10. The highest BCUT2D eigenvalue weighted by atomic mass is 16.2. The molecular formula is C13H15N3O. The lowest BCUT2D eigenvalue weighted by molar-refractivity contribution is 0.0802. The van der Waals surface area contributed by atoms with E-state index >= 15 is 0 Å². The summed E-state index contributed by atoms with van der Waals surface area (Å²) in [5.74, 6) is -0.00981. The number of rotatable bonds is 2. The van der Waals surface area contributed by atoms with Crippen LogP contribution in [0.4, 0.5) is 5.69 Å². The summed E-state index contributed by atoms with van der Waals surface area (Å²) < 4.78 is 0. The Morgan fingerprint density at radius 3 is 3.00 bits per heavy atom. The number of carbonyl (C=O) groups excluding carboxylic acids is 1. The van der Waals surface area contributed by atoms with E-state index < -0.39 is 0 Å². The third-order valence-corrected chi connectivity index (χ3v) is 2.84. The topological polar surface area (TPSA) is 44.7 Å². The van der Waals surface area contributed by atoms with Crippen molar-refractivity contribution in [2.24, 2.45) is 4.99 Å². The molecule has 4 nitrogen and oxygen atoms in total. The number of nitrogens with zero attached hydrogens (tertiary/aromatic N) is 2. The molecule has 0 spiro atoms. The maximum Gasteiger partial charge on any atom is 0.254 e. The summed E-state index contributed by atoms with van der Waals surface area (Å²) in [6.07, 6.45) is 1.59. The highest BCUT2D eigenvalue weighted by Crippen LogP contribution is 2.30. The molecule has 0 aromatic heterocycles. The summed E-state index contributed by atoms with van der Waals surface area (Å²) in [6, 6.07) is 5.52. The number of benzene rings is 1. The highest BCUT2D eigenvalue weighted by Gasteiger charge is 2.20. The van der Waals surface area contributed by atoms with Gasteiger partial charge in [-0.1, -0.05) is 12.6 Å². The largest absolute Gasteiger partial charge is 0.346 e. The third kappa shape index (κ3) is 1.93. The van der Waals surface area contributed by atoms with Gasteiger partial charge in [0.2, 0.25) is 0 Å². The summed E-state index contributed by atoms with van der Waals surface area (Å²) in [4.78, 5) is 18.1. The number of aliphatic imine (C=N–C) groups is 1. The Morgan fingerprint density at radius 1 is 1.53 bits per heavy atom. The molecule has 0 saturated carbocycles. The molecule has 2 rings (SSSR count). The number of hydrogen-bond acceptors (Lipinski definition) is 3. The minimum absolute atomic E-state index is 0.00981. The molecule has 0 bridgehead atoms. The first-order valence-corrected chi connectivity index (χ1v) is 5.52. The molecule has 17 heavy (non-hydrogen) atoms. The molecule has 88 valence electrons. The van der Waals surface area contributed by atoms with Gasteiger partial charge in [0.1, 0.15) is 0 Å². The van der Waals surface area contributed by atoms with Crippen LogP contribution in [-0.4, -0.2) is 30.7 Å². The van der Waals surface area contributed by atoms with E-state index in [9.17, 15) is 4.79 Å². The van der Waals surface area contributed by atoms with Gasteiger partial charge in [0.15, 0.2) is 0 Å². The van der Waals surface area contributed by atoms with Crippen LogP contribution in [0.1, 0.15) is 22.8 Å². The van der Waals surface area contributed by atoms with Crippen LogP contribution in [-0.2, 0) is 0 Å². The minimum Gasteiger partial charge on any atom is -0.346 e. The maximum atomic E-state index is 12.2. The normalized spacial score (nSPS) is 12.9. The van der Waals surface area contributed by atoms with Gasteiger partial charge in [-0.15, -0.1) is 0 Å². The first-order chi connectivity index (χ1) is 8.15. The van der Waals surface area contributed by atoms with Crippen LogP contribution in [0.15, 0.2) is 29.8 Å². The quantitative estimate of drug-likeness (QED) is 0.843. The Labute approximate surface area is 101 Å². The second-order valence-corrected chi connectivity index (χ2v) is 3.90. The van der Waals surface area contributed by atoms with E-state index in [-0.39, 0.29) is 5.91 Å². The van der Waals surface area contributed by atoms with Gasteiger partial charge < -0.3 is 10.2 Å². The lowest BCUT2D eigenvalue weighted by Gasteiger charge is -2.20. The van der Waals surface area contributed by atoms with E-state index in [4.69, 9.17) is 0 Å². The lowest BCUT2D eigenvalue weighted by atomic mass is 10.0. The zero-order chi connectivity index (χ0) is 12.4. The van der Waals surface area contributed by atoms with Crippen LogP contribution in [0.3, 0.4) is 0 Å². The fraction of sp³-hybridized carbons (Fsp3) is 0.231. The van der Waals surface area contributed by atoms with Gasteiger partial charge in [-0.25, -0.2) is 4.99 Å². The standard InChI is InChI=1S/C13H15N3O/c1-4-16(3)13(17)10-6-5-7-11-12(10)9(2)14-8-15-11/h5-8H,2,4H2,1,3H3,(H,14,15). The molecule has 0 fully saturated rings. The van der Waals surface area contributed by atoms with Crippen molar-refractivity contribution in [3.63, 3.8) is 0 Å². The lowest BCUT2D eigenvalue weighted by Crippen LogP contribution is -2.28. The smallest absolute Gasteiger partial charge is 0.254 e. The van der Waals surface area contributed by atoms with Gasteiger partial charge in [-0.3, -0.25) is 4.79 Å². The van der Waals surface area contributed by atoms with Crippen molar-refractivity contribution in [3.8, 4) is 0 Å². The molecule has 1 amide bonds. The number of fused-ring (bicyclic) bond motifs is 1. The van der Waals surface area contributed by atoms with E-state index in [0.717, 1.165) is 11.3 Å².